The van der Waals surface area contributed by atoms with Crippen LogP contribution >= 0.6 is 0 Å². The summed E-state index contributed by atoms with van der Waals surface area (Å²) in [7, 11) is 1.40. The van der Waals surface area contributed by atoms with Gasteiger partial charge < -0.3 is 9.84 Å². The molecule has 4 heteroatoms. The largest absolute Gasteiger partial charge is 0.507 e. The average molecular weight is 167 g/mol. The van der Waals surface area contributed by atoms with Gasteiger partial charge in [-0.3, -0.25) is 4.79 Å². The lowest BCUT2D eigenvalue weighted by molar-refractivity contribution is 0.101. The van der Waals surface area contributed by atoms with Crippen LogP contribution in [0.1, 0.15) is 17.3 Å². The summed E-state index contributed by atoms with van der Waals surface area (Å²) in [6, 6.07) is 1.35. The van der Waals surface area contributed by atoms with Gasteiger partial charge in [0.15, 0.2) is 5.78 Å². The third kappa shape index (κ3) is 1.37. The summed E-state index contributed by atoms with van der Waals surface area (Å²) in [4.78, 5) is 14.7. The quantitative estimate of drug-likeness (QED) is 0.667. The van der Waals surface area contributed by atoms with Crippen molar-refractivity contribution in [2.24, 2.45) is 0 Å². The fraction of sp³-hybridized carbons (Fsp3) is 0.250. The van der Waals surface area contributed by atoms with Crippen molar-refractivity contribution in [3.8, 4) is 11.6 Å². The van der Waals surface area contributed by atoms with Crippen LogP contribution in [0.3, 0.4) is 0 Å². The Labute approximate surface area is 69.8 Å². The van der Waals surface area contributed by atoms with Crippen LogP contribution in [0.15, 0.2) is 12.3 Å². The van der Waals surface area contributed by atoms with Crippen LogP contribution in [0.5, 0.6) is 11.6 Å². The van der Waals surface area contributed by atoms with Crippen molar-refractivity contribution >= 4 is 5.78 Å². The minimum absolute atomic E-state index is 0.102. The molecule has 4 nitrogen and oxygen atoms in total. The summed E-state index contributed by atoms with van der Waals surface area (Å²) < 4.78 is 4.80. The second-order valence-corrected chi connectivity index (χ2v) is 2.27. The predicted octanol–water partition coefficient (Wildman–Crippen LogP) is 0.998. The van der Waals surface area contributed by atoms with Gasteiger partial charge in [0.25, 0.3) is 0 Å². The maximum atomic E-state index is 11.0. The highest BCUT2D eigenvalue weighted by molar-refractivity contribution is 5.98. The molecule has 0 saturated heterocycles. The second kappa shape index (κ2) is 3.21. The van der Waals surface area contributed by atoms with E-state index in [2.05, 4.69) is 4.98 Å². The lowest BCUT2D eigenvalue weighted by atomic mass is 10.2. The second-order valence-electron chi connectivity index (χ2n) is 2.27. The molecular weight excluding hydrogens is 158 g/mol. The normalized spacial score (nSPS) is 9.50. The highest BCUT2D eigenvalue weighted by Crippen LogP contribution is 2.24. The van der Waals surface area contributed by atoms with Crippen LogP contribution in [0.2, 0.25) is 0 Å². The van der Waals surface area contributed by atoms with E-state index in [0.717, 1.165) is 0 Å². The van der Waals surface area contributed by atoms with Crippen LogP contribution in [-0.4, -0.2) is 23.0 Å². The summed E-state index contributed by atoms with van der Waals surface area (Å²) in [6.45, 7) is 1.35. The standard InChI is InChI=1S/C8H9NO3/c1-5(10)7-6(11)3-4-9-8(7)12-2/h3-4H,1-2H3,(H,9,11). The molecule has 0 aliphatic carbocycles. The SMILES string of the molecule is COc1nccc(O)c1C(C)=O. The molecule has 0 radical (unpaired) electrons. The first kappa shape index (κ1) is 8.52. The van der Waals surface area contributed by atoms with E-state index in [4.69, 9.17) is 4.74 Å². The molecule has 0 aliphatic rings. The molecule has 0 atom stereocenters. The predicted molar refractivity (Wildman–Crippen MR) is 42.5 cm³/mol. The Morgan fingerprint density at radius 1 is 1.67 bits per heavy atom. The zero-order chi connectivity index (χ0) is 9.14. The lowest BCUT2D eigenvalue weighted by Gasteiger charge is -2.04. The van der Waals surface area contributed by atoms with E-state index in [1.54, 1.807) is 0 Å². The summed E-state index contributed by atoms with van der Waals surface area (Å²) >= 11 is 0. The number of pyridine rings is 1. The zero-order valence-corrected chi connectivity index (χ0v) is 6.87. The van der Waals surface area contributed by atoms with Crippen molar-refractivity contribution in [1.29, 1.82) is 0 Å². The number of ketones is 1. The van der Waals surface area contributed by atoms with E-state index in [1.165, 1.54) is 26.3 Å². The van der Waals surface area contributed by atoms with E-state index in [0.29, 0.717) is 0 Å². The molecule has 0 spiro atoms. The number of nitrogens with zero attached hydrogens (tertiary/aromatic N) is 1. The van der Waals surface area contributed by atoms with Gasteiger partial charge in [0.05, 0.1) is 7.11 Å². The van der Waals surface area contributed by atoms with Crippen LogP contribution in [0, 0.1) is 0 Å². The van der Waals surface area contributed by atoms with Crippen molar-refractivity contribution in [1.82, 2.24) is 4.98 Å². The first-order chi connectivity index (χ1) is 5.66. The molecule has 1 rings (SSSR count). The van der Waals surface area contributed by atoms with Gasteiger partial charge in [-0.2, -0.15) is 0 Å². The Kier molecular flexibility index (Phi) is 2.28. The fourth-order valence-electron chi connectivity index (χ4n) is 0.919. The van der Waals surface area contributed by atoms with E-state index in [1.807, 2.05) is 0 Å². The first-order valence-corrected chi connectivity index (χ1v) is 3.39. The Morgan fingerprint density at radius 2 is 2.33 bits per heavy atom. The Balaban J connectivity index is 3.29. The molecule has 64 valence electrons. The topological polar surface area (TPSA) is 59.4 Å². The number of carbonyl (C=O) groups excluding carboxylic acids is 1. The summed E-state index contributed by atoms with van der Waals surface area (Å²) in [6.07, 6.45) is 1.38. The first-order valence-electron chi connectivity index (χ1n) is 3.39. The number of methoxy groups -OCH3 is 1. The van der Waals surface area contributed by atoms with Crippen molar-refractivity contribution < 1.29 is 14.6 Å². The number of ether oxygens (including phenoxy) is 1. The molecule has 1 N–H and O–H groups in total. The minimum Gasteiger partial charge on any atom is -0.507 e. The molecule has 0 aliphatic heterocycles. The van der Waals surface area contributed by atoms with Gasteiger partial charge in [0, 0.05) is 6.20 Å². The van der Waals surface area contributed by atoms with Gasteiger partial charge in [0.1, 0.15) is 11.3 Å². The lowest BCUT2D eigenvalue weighted by Crippen LogP contribution is -1.99. The highest BCUT2D eigenvalue weighted by atomic mass is 16.5. The van der Waals surface area contributed by atoms with E-state index in [-0.39, 0.29) is 23.0 Å². The monoisotopic (exact) mass is 167 g/mol. The molecule has 0 aromatic carbocycles. The molecule has 0 amide bonds. The average Bonchev–Trinajstić information content (AvgIpc) is 2.03. The Hall–Kier alpha value is -1.58. The van der Waals surface area contributed by atoms with Crippen LogP contribution < -0.4 is 4.74 Å². The third-order valence-corrected chi connectivity index (χ3v) is 1.44. The van der Waals surface area contributed by atoms with Gasteiger partial charge in [-0.05, 0) is 13.0 Å². The van der Waals surface area contributed by atoms with Crippen molar-refractivity contribution in [2.75, 3.05) is 7.11 Å². The van der Waals surface area contributed by atoms with Gasteiger partial charge in [-0.15, -0.1) is 0 Å². The van der Waals surface area contributed by atoms with E-state index in [9.17, 15) is 9.90 Å². The molecule has 0 fully saturated rings. The van der Waals surface area contributed by atoms with Crippen LogP contribution in [0.4, 0.5) is 0 Å². The number of hydrogen-bond acceptors (Lipinski definition) is 4. The summed E-state index contributed by atoms with van der Waals surface area (Å²) in [5.41, 5.74) is 0.125. The van der Waals surface area contributed by atoms with E-state index >= 15 is 0 Å². The van der Waals surface area contributed by atoms with Crippen molar-refractivity contribution in [2.45, 2.75) is 6.92 Å². The number of aromatic hydroxyl groups is 1. The number of carbonyl (C=O) groups is 1. The summed E-state index contributed by atoms with van der Waals surface area (Å²) in [5.74, 6) is -0.214. The molecule has 0 unspecified atom stereocenters. The van der Waals surface area contributed by atoms with Gasteiger partial charge in [-0.1, -0.05) is 0 Å². The molecular formula is C8H9NO3. The maximum absolute atomic E-state index is 11.0. The summed E-state index contributed by atoms with van der Waals surface area (Å²) in [5, 5.41) is 9.25. The Morgan fingerprint density at radius 3 is 2.75 bits per heavy atom. The van der Waals surface area contributed by atoms with Crippen molar-refractivity contribution in [3.63, 3.8) is 0 Å². The van der Waals surface area contributed by atoms with Crippen LogP contribution in [0.25, 0.3) is 0 Å². The molecule has 0 bridgehead atoms. The van der Waals surface area contributed by atoms with Gasteiger partial charge in [-0.25, -0.2) is 4.98 Å². The Bertz CT molecular complexity index is 309. The molecule has 1 aromatic rings. The number of Topliss-reactive ketones (excluding diaryl/α,β-unsaturated/α-hetero) is 1. The fourth-order valence-corrected chi connectivity index (χ4v) is 0.919. The molecule has 1 aromatic heterocycles. The van der Waals surface area contributed by atoms with Gasteiger partial charge in [0.2, 0.25) is 5.88 Å². The smallest absolute Gasteiger partial charge is 0.227 e. The highest BCUT2D eigenvalue weighted by Gasteiger charge is 2.13. The molecule has 12 heavy (non-hydrogen) atoms. The number of rotatable bonds is 2. The number of hydrogen-bond donors (Lipinski definition) is 1. The third-order valence-electron chi connectivity index (χ3n) is 1.44. The minimum atomic E-state index is -0.266. The molecule has 0 saturated carbocycles. The number of aromatic nitrogens is 1. The maximum Gasteiger partial charge on any atom is 0.227 e. The molecule has 1 heterocycles. The van der Waals surface area contributed by atoms with E-state index < -0.39 is 0 Å². The van der Waals surface area contributed by atoms with Crippen molar-refractivity contribution in [3.05, 3.63) is 17.8 Å². The zero-order valence-electron chi connectivity index (χ0n) is 6.87. The van der Waals surface area contributed by atoms with Crippen LogP contribution in [-0.2, 0) is 0 Å². The van der Waals surface area contributed by atoms with Gasteiger partial charge >= 0.3 is 0 Å².